The Morgan fingerprint density at radius 2 is 2.33 bits per heavy atom. The zero-order chi connectivity index (χ0) is 12.5. The molecule has 3 rings (SSSR count). The molecule has 7 heteroatoms. The Morgan fingerprint density at radius 1 is 1.44 bits per heavy atom. The first kappa shape index (κ1) is 11.6. The molecule has 1 N–H and O–H groups in total. The molecule has 0 aliphatic heterocycles. The largest absolute Gasteiger partial charge is 0.364 e. The molecule has 3 aromatic rings. The van der Waals surface area contributed by atoms with Crippen LogP contribution in [0.25, 0.3) is 11.0 Å². The van der Waals surface area contributed by atoms with Gasteiger partial charge in [0.2, 0.25) is 0 Å². The highest BCUT2D eigenvalue weighted by atomic mass is 79.9. The summed E-state index contributed by atoms with van der Waals surface area (Å²) in [5.41, 5.74) is 0.831. The van der Waals surface area contributed by atoms with Crippen LogP contribution in [0.5, 0.6) is 0 Å². The van der Waals surface area contributed by atoms with Crippen molar-refractivity contribution < 1.29 is 0 Å². The van der Waals surface area contributed by atoms with Crippen molar-refractivity contribution in [3.8, 4) is 0 Å². The molecule has 18 heavy (non-hydrogen) atoms. The molecule has 0 radical (unpaired) electrons. The van der Waals surface area contributed by atoms with Crippen LogP contribution in [0.2, 0.25) is 0 Å². The first-order valence-corrected chi connectivity index (χ1v) is 7.01. The molecule has 0 amide bonds. The Morgan fingerprint density at radius 3 is 3.11 bits per heavy atom. The topological polar surface area (TPSA) is 55.6 Å². The normalized spacial score (nSPS) is 11.0. The summed E-state index contributed by atoms with van der Waals surface area (Å²) >= 11 is 5.22. The van der Waals surface area contributed by atoms with Crippen LogP contribution >= 0.6 is 27.3 Å². The van der Waals surface area contributed by atoms with Gasteiger partial charge in [0.25, 0.3) is 0 Å². The zero-order valence-electron chi connectivity index (χ0n) is 9.59. The van der Waals surface area contributed by atoms with Gasteiger partial charge in [-0.2, -0.15) is 5.10 Å². The minimum absolute atomic E-state index is 0.735. The second-order valence-electron chi connectivity index (χ2n) is 3.77. The van der Waals surface area contributed by atoms with E-state index in [1.165, 1.54) is 4.88 Å². The summed E-state index contributed by atoms with van der Waals surface area (Å²) in [6, 6.07) is 2.04. The standard InChI is InChI=1S/C11H10BrN5S/c1-17-11-7(4-16-17)10(14-6-15-11)13-5-9-8(12)2-3-18-9/h2-4,6H,5H2,1H3,(H,13,14,15). The molecular weight excluding hydrogens is 314 g/mol. The molecule has 5 nitrogen and oxygen atoms in total. The molecule has 3 heterocycles. The van der Waals surface area contributed by atoms with Crippen molar-refractivity contribution in [3.63, 3.8) is 0 Å². The van der Waals surface area contributed by atoms with E-state index in [9.17, 15) is 0 Å². The predicted molar refractivity (Wildman–Crippen MR) is 75.6 cm³/mol. The van der Waals surface area contributed by atoms with Crippen LogP contribution in [-0.2, 0) is 13.6 Å². The van der Waals surface area contributed by atoms with E-state index in [1.54, 1.807) is 28.5 Å². The quantitative estimate of drug-likeness (QED) is 0.805. The summed E-state index contributed by atoms with van der Waals surface area (Å²) in [4.78, 5) is 9.71. The van der Waals surface area contributed by atoms with Crippen LogP contribution in [-0.4, -0.2) is 19.7 Å². The van der Waals surface area contributed by atoms with Crippen molar-refractivity contribution in [1.82, 2.24) is 19.7 Å². The van der Waals surface area contributed by atoms with Gasteiger partial charge in [-0.05, 0) is 27.4 Å². The Hall–Kier alpha value is -1.47. The molecule has 3 aromatic heterocycles. The van der Waals surface area contributed by atoms with Crippen LogP contribution in [0.3, 0.4) is 0 Å². The summed E-state index contributed by atoms with van der Waals surface area (Å²) in [6.07, 6.45) is 3.33. The fourth-order valence-corrected chi connectivity index (χ4v) is 3.15. The van der Waals surface area contributed by atoms with Gasteiger partial charge in [-0.25, -0.2) is 9.97 Å². The Bertz CT molecular complexity index is 690. The molecule has 0 saturated heterocycles. The van der Waals surface area contributed by atoms with Gasteiger partial charge in [-0.1, -0.05) is 0 Å². The van der Waals surface area contributed by atoms with Crippen LogP contribution in [0.15, 0.2) is 28.4 Å². The molecule has 0 bridgehead atoms. The second kappa shape index (κ2) is 4.66. The van der Waals surface area contributed by atoms with E-state index in [2.05, 4.69) is 41.7 Å². The van der Waals surface area contributed by atoms with Crippen molar-refractivity contribution in [2.24, 2.45) is 7.05 Å². The summed E-state index contributed by atoms with van der Waals surface area (Å²) in [5, 5.41) is 10.5. The number of rotatable bonds is 3. The van der Waals surface area contributed by atoms with Gasteiger partial charge >= 0.3 is 0 Å². The lowest BCUT2D eigenvalue weighted by molar-refractivity contribution is 0.785. The highest BCUT2D eigenvalue weighted by Gasteiger charge is 2.08. The number of nitrogens with zero attached hydrogens (tertiary/aromatic N) is 4. The van der Waals surface area contributed by atoms with Crippen LogP contribution < -0.4 is 5.32 Å². The molecule has 0 aliphatic rings. The summed E-state index contributed by atoms with van der Waals surface area (Å²) in [6.45, 7) is 0.735. The molecule has 0 saturated carbocycles. The highest BCUT2D eigenvalue weighted by molar-refractivity contribution is 9.10. The maximum absolute atomic E-state index is 4.26. The first-order valence-electron chi connectivity index (χ1n) is 5.34. The smallest absolute Gasteiger partial charge is 0.163 e. The number of nitrogens with one attached hydrogen (secondary N) is 1. The number of hydrogen-bond acceptors (Lipinski definition) is 5. The highest BCUT2D eigenvalue weighted by Crippen LogP contribution is 2.24. The van der Waals surface area contributed by atoms with Gasteiger partial charge in [0.15, 0.2) is 5.65 Å². The van der Waals surface area contributed by atoms with E-state index in [4.69, 9.17) is 0 Å². The molecular formula is C11H10BrN5S. The molecule has 0 unspecified atom stereocenters. The Balaban J connectivity index is 1.89. The van der Waals surface area contributed by atoms with Crippen molar-refractivity contribution >= 4 is 44.1 Å². The molecule has 0 atom stereocenters. The fourth-order valence-electron chi connectivity index (χ4n) is 1.72. The number of aryl methyl sites for hydroxylation is 1. The predicted octanol–water partition coefficient (Wildman–Crippen LogP) is 2.80. The number of thiophene rings is 1. The van der Waals surface area contributed by atoms with E-state index >= 15 is 0 Å². The lowest BCUT2D eigenvalue weighted by Crippen LogP contribution is -2.01. The van der Waals surface area contributed by atoms with Gasteiger partial charge in [0.05, 0.1) is 18.1 Å². The van der Waals surface area contributed by atoms with Crippen molar-refractivity contribution in [2.75, 3.05) is 5.32 Å². The summed E-state index contributed by atoms with van der Waals surface area (Å²) < 4.78 is 2.86. The van der Waals surface area contributed by atoms with E-state index in [0.717, 1.165) is 27.9 Å². The minimum Gasteiger partial charge on any atom is -0.364 e. The molecule has 0 fully saturated rings. The Kier molecular flexibility index (Phi) is 3.00. The van der Waals surface area contributed by atoms with Gasteiger partial charge in [0.1, 0.15) is 12.1 Å². The SMILES string of the molecule is Cn1ncc2c(NCc3sccc3Br)ncnc21. The summed E-state index contributed by atoms with van der Waals surface area (Å²) in [7, 11) is 1.87. The number of fused-ring (bicyclic) bond motifs is 1. The maximum Gasteiger partial charge on any atom is 0.163 e. The van der Waals surface area contributed by atoms with Gasteiger partial charge in [0, 0.05) is 16.4 Å². The third-order valence-electron chi connectivity index (χ3n) is 2.64. The average molecular weight is 324 g/mol. The molecule has 0 aliphatic carbocycles. The van der Waals surface area contributed by atoms with Gasteiger partial charge in [-0.15, -0.1) is 11.3 Å². The first-order chi connectivity index (χ1) is 8.75. The molecule has 0 spiro atoms. The van der Waals surface area contributed by atoms with Crippen molar-refractivity contribution in [1.29, 1.82) is 0 Å². The minimum atomic E-state index is 0.735. The van der Waals surface area contributed by atoms with E-state index in [0.29, 0.717) is 0 Å². The monoisotopic (exact) mass is 323 g/mol. The van der Waals surface area contributed by atoms with E-state index < -0.39 is 0 Å². The van der Waals surface area contributed by atoms with E-state index in [-0.39, 0.29) is 0 Å². The number of halogens is 1. The second-order valence-corrected chi connectivity index (χ2v) is 5.63. The van der Waals surface area contributed by atoms with Crippen molar-refractivity contribution in [3.05, 3.63) is 33.3 Å². The van der Waals surface area contributed by atoms with Crippen molar-refractivity contribution in [2.45, 2.75) is 6.54 Å². The summed E-state index contributed by atoms with van der Waals surface area (Å²) in [5.74, 6) is 0.813. The lowest BCUT2D eigenvalue weighted by atomic mass is 10.4. The van der Waals surface area contributed by atoms with Crippen LogP contribution in [0, 0.1) is 0 Å². The van der Waals surface area contributed by atoms with Gasteiger partial charge in [-0.3, -0.25) is 4.68 Å². The van der Waals surface area contributed by atoms with Crippen LogP contribution in [0.4, 0.5) is 5.82 Å². The average Bonchev–Trinajstić information content (AvgIpc) is 2.95. The fraction of sp³-hybridized carbons (Fsp3) is 0.182. The molecule has 0 aromatic carbocycles. The zero-order valence-corrected chi connectivity index (χ0v) is 12.0. The molecule has 92 valence electrons. The number of hydrogen-bond donors (Lipinski definition) is 1. The maximum atomic E-state index is 4.26. The third kappa shape index (κ3) is 1.99. The number of anilines is 1. The lowest BCUT2D eigenvalue weighted by Gasteiger charge is -2.05. The Labute approximate surface area is 116 Å². The third-order valence-corrected chi connectivity index (χ3v) is 4.56. The van der Waals surface area contributed by atoms with Gasteiger partial charge < -0.3 is 5.32 Å². The number of aromatic nitrogens is 4. The van der Waals surface area contributed by atoms with E-state index in [1.807, 2.05) is 13.1 Å². The van der Waals surface area contributed by atoms with Crippen LogP contribution in [0.1, 0.15) is 4.88 Å².